The van der Waals surface area contributed by atoms with E-state index in [-0.39, 0.29) is 0 Å². The third-order valence-corrected chi connectivity index (χ3v) is 2.86. The lowest BCUT2D eigenvalue weighted by Gasteiger charge is -2.41. The van der Waals surface area contributed by atoms with Crippen LogP contribution in [0.1, 0.15) is 6.42 Å². The Bertz CT molecular complexity index is 156. The molecule has 2 aliphatic rings. The highest BCUT2D eigenvalue weighted by atomic mass is 16.5. The summed E-state index contributed by atoms with van der Waals surface area (Å²) in [5.41, 5.74) is -0.481. The minimum absolute atomic E-state index is 0.446. The number of hydrogen-bond acceptors (Lipinski definition) is 3. The van der Waals surface area contributed by atoms with Crippen LogP contribution in [-0.4, -0.2) is 49.0 Å². The van der Waals surface area contributed by atoms with Crippen LogP contribution < -0.4 is 0 Å². The van der Waals surface area contributed by atoms with E-state index >= 15 is 0 Å². The van der Waals surface area contributed by atoms with Crippen LogP contribution >= 0.6 is 0 Å². The Labute approximate surface area is 66.9 Å². The molecule has 0 aromatic heterocycles. The molecule has 0 saturated carbocycles. The molecule has 1 N–H and O–H groups in total. The van der Waals surface area contributed by atoms with E-state index in [2.05, 4.69) is 11.9 Å². The standard InChI is InChI=1S/C8H15NO2/c1-9-3-2-7(4-9)8(10)5-11-6-8/h7,10H,2-6H2,1H3. The zero-order chi connectivity index (χ0) is 7.90. The Morgan fingerprint density at radius 2 is 2.27 bits per heavy atom. The quantitative estimate of drug-likeness (QED) is 0.567. The smallest absolute Gasteiger partial charge is 0.115 e. The van der Waals surface area contributed by atoms with Crippen LogP contribution in [0.5, 0.6) is 0 Å². The van der Waals surface area contributed by atoms with Gasteiger partial charge >= 0.3 is 0 Å². The topological polar surface area (TPSA) is 32.7 Å². The minimum Gasteiger partial charge on any atom is -0.385 e. The Morgan fingerprint density at radius 1 is 1.55 bits per heavy atom. The van der Waals surface area contributed by atoms with Gasteiger partial charge in [0.15, 0.2) is 0 Å². The van der Waals surface area contributed by atoms with Gasteiger partial charge < -0.3 is 14.7 Å². The second-order valence-electron chi connectivity index (χ2n) is 3.84. The summed E-state index contributed by atoms with van der Waals surface area (Å²) in [6.45, 7) is 3.24. The average Bonchev–Trinajstić information content (AvgIpc) is 2.31. The van der Waals surface area contributed by atoms with Crippen LogP contribution in [0.2, 0.25) is 0 Å². The number of ether oxygens (including phenoxy) is 1. The van der Waals surface area contributed by atoms with Gasteiger partial charge in [-0.25, -0.2) is 0 Å². The first kappa shape index (κ1) is 7.53. The van der Waals surface area contributed by atoms with Crippen molar-refractivity contribution in [1.82, 2.24) is 4.90 Å². The van der Waals surface area contributed by atoms with Crippen LogP contribution in [0.25, 0.3) is 0 Å². The van der Waals surface area contributed by atoms with Crippen molar-refractivity contribution in [1.29, 1.82) is 0 Å². The van der Waals surface area contributed by atoms with E-state index < -0.39 is 5.60 Å². The second-order valence-corrected chi connectivity index (χ2v) is 3.84. The lowest BCUT2D eigenvalue weighted by atomic mass is 9.85. The maximum atomic E-state index is 9.88. The van der Waals surface area contributed by atoms with Crippen LogP contribution in [0, 0.1) is 5.92 Å². The lowest BCUT2D eigenvalue weighted by Crippen LogP contribution is -2.55. The van der Waals surface area contributed by atoms with Crippen LogP contribution in [0.15, 0.2) is 0 Å². The number of likely N-dealkylation sites (tertiary alicyclic amines) is 1. The predicted molar refractivity (Wildman–Crippen MR) is 41.4 cm³/mol. The first-order valence-corrected chi connectivity index (χ1v) is 4.19. The van der Waals surface area contributed by atoms with Gasteiger partial charge in [0, 0.05) is 12.5 Å². The number of rotatable bonds is 1. The van der Waals surface area contributed by atoms with Gasteiger partial charge in [-0.15, -0.1) is 0 Å². The molecule has 2 aliphatic heterocycles. The predicted octanol–water partition coefficient (Wildman–Crippen LogP) is -0.301. The molecule has 2 saturated heterocycles. The van der Waals surface area contributed by atoms with Crippen LogP contribution in [0.3, 0.4) is 0 Å². The third-order valence-electron chi connectivity index (χ3n) is 2.86. The fourth-order valence-electron chi connectivity index (χ4n) is 1.92. The molecule has 2 fully saturated rings. The van der Waals surface area contributed by atoms with E-state index in [1.54, 1.807) is 0 Å². The molecule has 3 nitrogen and oxygen atoms in total. The summed E-state index contributed by atoms with van der Waals surface area (Å²) in [5, 5.41) is 9.88. The number of nitrogens with zero attached hydrogens (tertiary/aromatic N) is 1. The summed E-state index contributed by atoms with van der Waals surface area (Å²) in [5.74, 6) is 0.446. The van der Waals surface area contributed by atoms with E-state index in [0.29, 0.717) is 19.1 Å². The fraction of sp³-hybridized carbons (Fsp3) is 1.00. The Kier molecular flexibility index (Phi) is 1.67. The molecule has 11 heavy (non-hydrogen) atoms. The molecule has 2 rings (SSSR count). The molecule has 0 amide bonds. The van der Waals surface area contributed by atoms with Crippen molar-refractivity contribution in [3.8, 4) is 0 Å². The summed E-state index contributed by atoms with van der Waals surface area (Å²) >= 11 is 0. The SMILES string of the molecule is CN1CCC(C2(O)COC2)C1. The maximum absolute atomic E-state index is 9.88. The average molecular weight is 157 g/mol. The second kappa shape index (κ2) is 2.44. The Hall–Kier alpha value is -0.120. The summed E-state index contributed by atoms with van der Waals surface area (Å²) < 4.78 is 5.02. The molecule has 1 atom stereocenters. The summed E-state index contributed by atoms with van der Waals surface area (Å²) in [6.07, 6.45) is 1.12. The van der Waals surface area contributed by atoms with Gasteiger partial charge in [-0.05, 0) is 20.0 Å². The molecular formula is C8H15NO2. The maximum Gasteiger partial charge on any atom is 0.115 e. The molecule has 0 aromatic rings. The van der Waals surface area contributed by atoms with Gasteiger partial charge in [0.25, 0.3) is 0 Å². The van der Waals surface area contributed by atoms with E-state index in [1.165, 1.54) is 0 Å². The van der Waals surface area contributed by atoms with Gasteiger partial charge in [-0.1, -0.05) is 0 Å². The van der Waals surface area contributed by atoms with E-state index in [0.717, 1.165) is 19.5 Å². The van der Waals surface area contributed by atoms with Gasteiger partial charge in [0.1, 0.15) is 5.60 Å². The lowest BCUT2D eigenvalue weighted by molar-refractivity contribution is -0.204. The zero-order valence-electron chi connectivity index (χ0n) is 6.92. The van der Waals surface area contributed by atoms with Gasteiger partial charge in [-0.3, -0.25) is 0 Å². The molecule has 2 heterocycles. The fourth-order valence-corrected chi connectivity index (χ4v) is 1.92. The first-order chi connectivity index (χ1) is 5.21. The van der Waals surface area contributed by atoms with Crippen molar-refractivity contribution in [2.45, 2.75) is 12.0 Å². The molecule has 0 aliphatic carbocycles. The monoisotopic (exact) mass is 157 g/mol. The Morgan fingerprint density at radius 3 is 2.64 bits per heavy atom. The minimum atomic E-state index is -0.481. The Balaban J connectivity index is 1.95. The molecule has 0 bridgehead atoms. The van der Waals surface area contributed by atoms with Crippen molar-refractivity contribution >= 4 is 0 Å². The van der Waals surface area contributed by atoms with E-state index in [1.807, 2.05) is 0 Å². The van der Waals surface area contributed by atoms with Gasteiger partial charge in [-0.2, -0.15) is 0 Å². The molecule has 0 spiro atoms. The molecule has 64 valence electrons. The number of hydrogen-bond donors (Lipinski definition) is 1. The largest absolute Gasteiger partial charge is 0.385 e. The highest BCUT2D eigenvalue weighted by Gasteiger charge is 2.45. The van der Waals surface area contributed by atoms with E-state index in [9.17, 15) is 5.11 Å². The molecule has 1 unspecified atom stereocenters. The van der Waals surface area contributed by atoms with Crippen LogP contribution in [-0.2, 0) is 4.74 Å². The van der Waals surface area contributed by atoms with Crippen molar-refractivity contribution < 1.29 is 9.84 Å². The third kappa shape index (κ3) is 1.17. The van der Waals surface area contributed by atoms with Gasteiger partial charge in [0.2, 0.25) is 0 Å². The molecular weight excluding hydrogens is 142 g/mol. The normalized spacial score (nSPS) is 37.1. The van der Waals surface area contributed by atoms with Crippen molar-refractivity contribution in [3.63, 3.8) is 0 Å². The summed E-state index contributed by atoms with van der Waals surface area (Å²) in [7, 11) is 2.10. The molecule has 0 radical (unpaired) electrons. The summed E-state index contributed by atoms with van der Waals surface area (Å²) in [6, 6.07) is 0. The zero-order valence-corrected chi connectivity index (χ0v) is 6.92. The van der Waals surface area contributed by atoms with Crippen molar-refractivity contribution in [3.05, 3.63) is 0 Å². The molecule has 3 heteroatoms. The number of aliphatic hydroxyl groups is 1. The van der Waals surface area contributed by atoms with Crippen molar-refractivity contribution in [2.75, 3.05) is 33.4 Å². The van der Waals surface area contributed by atoms with Crippen molar-refractivity contribution in [2.24, 2.45) is 5.92 Å². The summed E-state index contributed by atoms with van der Waals surface area (Å²) in [4.78, 5) is 2.26. The first-order valence-electron chi connectivity index (χ1n) is 4.19. The highest BCUT2D eigenvalue weighted by Crippen LogP contribution is 2.32. The van der Waals surface area contributed by atoms with Crippen LogP contribution in [0.4, 0.5) is 0 Å². The molecule has 0 aromatic carbocycles. The van der Waals surface area contributed by atoms with Gasteiger partial charge in [0.05, 0.1) is 13.2 Å². The highest BCUT2D eigenvalue weighted by molar-refractivity contribution is 4.96. The van der Waals surface area contributed by atoms with E-state index in [4.69, 9.17) is 4.74 Å².